The second-order valence-electron chi connectivity index (χ2n) is 3.86. The van der Waals surface area contributed by atoms with Gasteiger partial charge < -0.3 is 10.2 Å². The Hall–Kier alpha value is -1.40. The van der Waals surface area contributed by atoms with Gasteiger partial charge >= 0.3 is 5.97 Å². The lowest BCUT2D eigenvalue weighted by Gasteiger charge is -2.06. The van der Waals surface area contributed by atoms with Crippen LogP contribution in [0.1, 0.15) is 17.2 Å². The third-order valence-corrected chi connectivity index (χ3v) is 3.24. The van der Waals surface area contributed by atoms with Crippen molar-refractivity contribution in [2.75, 3.05) is 12.0 Å². The highest BCUT2D eigenvalue weighted by atomic mass is 32.2. The van der Waals surface area contributed by atoms with Crippen LogP contribution in [0.4, 0.5) is 0 Å². The number of sulfone groups is 1. The van der Waals surface area contributed by atoms with Gasteiger partial charge in [-0.05, 0) is 17.5 Å². The second kappa shape index (κ2) is 5.29. The molecule has 1 rings (SSSR count). The van der Waals surface area contributed by atoms with Gasteiger partial charge in [-0.15, -0.1) is 0 Å². The minimum Gasteiger partial charge on any atom is -0.479 e. The third kappa shape index (κ3) is 4.54. The topological polar surface area (TPSA) is 91.7 Å². The van der Waals surface area contributed by atoms with Crippen LogP contribution in [0.3, 0.4) is 0 Å². The largest absolute Gasteiger partial charge is 0.479 e. The Labute approximate surface area is 99.6 Å². The molecule has 94 valence electrons. The monoisotopic (exact) mass is 258 g/mol. The minimum absolute atomic E-state index is 0.0494. The zero-order valence-electron chi connectivity index (χ0n) is 9.33. The van der Waals surface area contributed by atoms with Crippen molar-refractivity contribution in [2.45, 2.75) is 12.5 Å². The van der Waals surface area contributed by atoms with Gasteiger partial charge in [-0.2, -0.15) is 0 Å². The van der Waals surface area contributed by atoms with Crippen LogP contribution in [0.25, 0.3) is 0 Å². The van der Waals surface area contributed by atoms with Crippen molar-refractivity contribution in [2.24, 2.45) is 0 Å². The lowest BCUT2D eigenvalue weighted by Crippen LogP contribution is -2.10. The van der Waals surface area contributed by atoms with Crippen LogP contribution in [-0.4, -0.2) is 36.6 Å². The van der Waals surface area contributed by atoms with Crippen LogP contribution in [0.15, 0.2) is 24.3 Å². The van der Waals surface area contributed by atoms with Gasteiger partial charge in [-0.3, -0.25) is 0 Å². The lowest BCUT2D eigenvalue weighted by molar-refractivity contribution is -0.146. The van der Waals surface area contributed by atoms with Crippen LogP contribution in [-0.2, 0) is 21.1 Å². The summed E-state index contributed by atoms with van der Waals surface area (Å²) < 4.78 is 21.9. The second-order valence-corrected chi connectivity index (χ2v) is 6.12. The number of hydrogen-bond acceptors (Lipinski definition) is 4. The van der Waals surface area contributed by atoms with Crippen molar-refractivity contribution >= 4 is 15.8 Å². The van der Waals surface area contributed by atoms with Gasteiger partial charge in [0.15, 0.2) is 6.10 Å². The third-order valence-electron chi connectivity index (χ3n) is 2.29. The van der Waals surface area contributed by atoms with E-state index in [9.17, 15) is 18.3 Å². The van der Waals surface area contributed by atoms with E-state index in [-0.39, 0.29) is 11.3 Å². The Kier molecular flexibility index (Phi) is 4.25. The smallest absolute Gasteiger partial charge is 0.337 e. The maximum Gasteiger partial charge on any atom is 0.337 e. The molecular weight excluding hydrogens is 244 g/mol. The number of carboxylic acids is 1. The number of aryl methyl sites for hydroxylation is 1. The van der Waals surface area contributed by atoms with E-state index in [1.807, 2.05) is 0 Å². The molecule has 17 heavy (non-hydrogen) atoms. The molecule has 0 aliphatic carbocycles. The van der Waals surface area contributed by atoms with Crippen molar-refractivity contribution in [3.63, 3.8) is 0 Å². The zero-order valence-corrected chi connectivity index (χ0v) is 10.1. The van der Waals surface area contributed by atoms with Crippen LogP contribution in [0.2, 0.25) is 0 Å². The Morgan fingerprint density at radius 1 is 1.29 bits per heavy atom. The number of rotatable bonds is 5. The Morgan fingerprint density at radius 3 is 2.24 bits per heavy atom. The fourth-order valence-electron chi connectivity index (χ4n) is 1.31. The predicted octanol–water partition coefficient (Wildman–Crippen LogP) is 0.392. The van der Waals surface area contributed by atoms with Crippen molar-refractivity contribution < 1.29 is 23.4 Å². The Morgan fingerprint density at radius 2 is 1.82 bits per heavy atom. The average molecular weight is 258 g/mol. The van der Waals surface area contributed by atoms with Gasteiger partial charge in [0.05, 0.1) is 5.75 Å². The normalized spacial score (nSPS) is 13.3. The number of benzene rings is 1. The maximum absolute atomic E-state index is 11.0. The first-order valence-electron chi connectivity index (χ1n) is 4.97. The molecule has 5 nitrogen and oxygen atoms in total. The van der Waals surface area contributed by atoms with E-state index in [0.717, 1.165) is 11.8 Å². The quantitative estimate of drug-likeness (QED) is 0.797. The fourth-order valence-corrected chi connectivity index (χ4v) is 1.92. The maximum atomic E-state index is 11.0. The first kappa shape index (κ1) is 13.7. The first-order chi connectivity index (χ1) is 7.79. The number of carbonyl (C=O) groups is 1. The van der Waals surface area contributed by atoms with E-state index in [0.29, 0.717) is 6.42 Å². The molecule has 0 aliphatic heterocycles. The van der Waals surface area contributed by atoms with E-state index in [1.54, 1.807) is 12.1 Å². The zero-order chi connectivity index (χ0) is 13.1. The minimum atomic E-state index is -3.01. The van der Waals surface area contributed by atoms with E-state index in [2.05, 4.69) is 0 Å². The van der Waals surface area contributed by atoms with E-state index in [1.165, 1.54) is 12.1 Å². The van der Waals surface area contributed by atoms with Crippen LogP contribution in [0, 0.1) is 0 Å². The van der Waals surface area contributed by atoms with E-state index >= 15 is 0 Å². The summed E-state index contributed by atoms with van der Waals surface area (Å²) in [6.07, 6.45) is -0.00312. The summed E-state index contributed by atoms with van der Waals surface area (Å²) in [6, 6.07) is 6.20. The molecule has 0 amide bonds. The molecule has 0 aliphatic rings. The number of hydrogen-bond donors (Lipinski definition) is 2. The molecule has 1 aromatic rings. The average Bonchev–Trinajstić information content (AvgIpc) is 2.25. The molecule has 0 saturated carbocycles. The molecular formula is C11H14O5S. The van der Waals surface area contributed by atoms with Gasteiger partial charge in [0, 0.05) is 6.26 Å². The molecule has 0 fully saturated rings. The summed E-state index contributed by atoms with van der Waals surface area (Å²) >= 11 is 0. The van der Waals surface area contributed by atoms with Gasteiger partial charge in [-0.25, -0.2) is 13.2 Å². The van der Waals surface area contributed by atoms with E-state index < -0.39 is 21.9 Å². The van der Waals surface area contributed by atoms with Gasteiger partial charge in [0.25, 0.3) is 0 Å². The highest BCUT2D eigenvalue weighted by molar-refractivity contribution is 7.90. The Balaban J connectivity index is 2.72. The van der Waals surface area contributed by atoms with Gasteiger partial charge in [0.1, 0.15) is 9.84 Å². The number of aliphatic hydroxyl groups excluding tert-OH is 1. The summed E-state index contributed by atoms with van der Waals surface area (Å²) in [4.78, 5) is 10.5. The highest BCUT2D eigenvalue weighted by Crippen LogP contribution is 2.14. The molecule has 0 bridgehead atoms. The summed E-state index contributed by atoms with van der Waals surface area (Å²) in [5.74, 6) is -1.26. The molecule has 1 unspecified atom stereocenters. The summed E-state index contributed by atoms with van der Waals surface area (Å²) in [6.45, 7) is 0. The number of aliphatic hydroxyl groups is 1. The lowest BCUT2D eigenvalue weighted by atomic mass is 10.1. The molecule has 0 radical (unpaired) electrons. The highest BCUT2D eigenvalue weighted by Gasteiger charge is 2.15. The molecule has 0 aromatic heterocycles. The molecule has 0 saturated heterocycles. The van der Waals surface area contributed by atoms with Crippen LogP contribution < -0.4 is 0 Å². The summed E-state index contributed by atoms with van der Waals surface area (Å²) in [5.41, 5.74) is 1.07. The predicted molar refractivity (Wildman–Crippen MR) is 62.5 cm³/mol. The first-order valence-corrected chi connectivity index (χ1v) is 7.03. The number of carboxylic acid groups (broad SMARTS) is 1. The summed E-state index contributed by atoms with van der Waals surface area (Å²) in [7, 11) is -3.01. The molecule has 1 aromatic carbocycles. The van der Waals surface area contributed by atoms with E-state index in [4.69, 9.17) is 5.11 Å². The standard InChI is InChI=1S/C11H14O5S/c1-17(15,16)7-6-8-2-4-9(5-3-8)10(12)11(13)14/h2-5,10,12H,6-7H2,1H3,(H,13,14). The van der Waals surface area contributed by atoms with Gasteiger partial charge in [0.2, 0.25) is 0 Å². The van der Waals surface area contributed by atoms with Crippen molar-refractivity contribution in [3.8, 4) is 0 Å². The van der Waals surface area contributed by atoms with Crippen LogP contribution >= 0.6 is 0 Å². The van der Waals surface area contributed by atoms with Crippen LogP contribution in [0.5, 0.6) is 0 Å². The molecule has 1 atom stereocenters. The SMILES string of the molecule is CS(=O)(=O)CCc1ccc(C(O)C(=O)O)cc1. The van der Waals surface area contributed by atoms with Gasteiger partial charge in [-0.1, -0.05) is 24.3 Å². The Bertz CT molecular complexity index is 489. The summed E-state index contributed by atoms with van der Waals surface area (Å²) in [5, 5.41) is 17.8. The molecule has 0 heterocycles. The number of aliphatic carboxylic acids is 1. The van der Waals surface area contributed by atoms with Crippen molar-refractivity contribution in [1.29, 1.82) is 0 Å². The molecule has 6 heteroatoms. The van der Waals surface area contributed by atoms with Crippen molar-refractivity contribution in [1.82, 2.24) is 0 Å². The van der Waals surface area contributed by atoms with Crippen molar-refractivity contribution in [3.05, 3.63) is 35.4 Å². The molecule has 0 spiro atoms. The fraction of sp³-hybridized carbons (Fsp3) is 0.364. The molecule has 2 N–H and O–H groups in total.